The van der Waals surface area contributed by atoms with E-state index in [-0.39, 0.29) is 0 Å². The van der Waals surface area contributed by atoms with E-state index in [1.807, 2.05) is 6.92 Å². The van der Waals surface area contributed by atoms with E-state index in [1.54, 1.807) is 0 Å². The summed E-state index contributed by atoms with van der Waals surface area (Å²) in [6, 6.07) is 0. The van der Waals surface area contributed by atoms with Gasteiger partial charge in [0.25, 0.3) is 0 Å². The molecule has 0 spiro atoms. The Kier molecular flexibility index (Phi) is 7.78. The normalized spacial score (nSPS) is 13.4. The zero-order valence-corrected chi connectivity index (χ0v) is 8.51. The minimum atomic E-state index is 1.20. The second kappa shape index (κ2) is 8.32. The molecule has 0 N–H and O–H groups in total. The Labute approximate surface area is 76.7 Å². The molecule has 0 atom stereocenters. The van der Waals surface area contributed by atoms with E-state index < -0.39 is 0 Å². The van der Waals surface area contributed by atoms with Crippen molar-refractivity contribution in [2.24, 2.45) is 0 Å². The standard InChI is InChI=1S/C12H20/c1-4-6-7-8-9-11-12(3)10-5-2/h5,8-11H,4,6-7H2,1-3H3/b9-8+,10-5-,12-11-. The van der Waals surface area contributed by atoms with Crippen LogP contribution in [-0.4, -0.2) is 0 Å². The summed E-state index contributed by atoms with van der Waals surface area (Å²) in [5.41, 5.74) is 1.31. The Morgan fingerprint density at radius 3 is 2.67 bits per heavy atom. The topological polar surface area (TPSA) is 0 Å². The Morgan fingerprint density at radius 2 is 2.08 bits per heavy atom. The van der Waals surface area contributed by atoms with Crippen LogP contribution < -0.4 is 0 Å². The summed E-state index contributed by atoms with van der Waals surface area (Å²) in [6.45, 7) is 6.37. The van der Waals surface area contributed by atoms with E-state index in [0.29, 0.717) is 0 Å². The lowest BCUT2D eigenvalue weighted by Gasteiger charge is -1.88. The molecule has 68 valence electrons. The van der Waals surface area contributed by atoms with E-state index in [2.05, 4.69) is 44.2 Å². The minimum absolute atomic E-state index is 1.20. The minimum Gasteiger partial charge on any atom is -0.0874 e. The molecule has 12 heavy (non-hydrogen) atoms. The molecule has 0 aliphatic heterocycles. The largest absolute Gasteiger partial charge is 0.0874 e. The summed E-state index contributed by atoms with van der Waals surface area (Å²) in [6.07, 6.45) is 14.5. The first-order valence-electron chi connectivity index (χ1n) is 4.77. The van der Waals surface area contributed by atoms with Gasteiger partial charge in [0.15, 0.2) is 0 Å². The number of hydrogen-bond donors (Lipinski definition) is 0. The third kappa shape index (κ3) is 7.33. The Bertz CT molecular complexity index is 170. The SMILES string of the molecule is C\C=C/C(C)=C\C=C\CCCC. The molecule has 0 aromatic rings. The average Bonchev–Trinajstić information content (AvgIpc) is 2.05. The fourth-order valence-corrected chi connectivity index (χ4v) is 0.956. The molecule has 0 aliphatic rings. The maximum atomic E-state index is 2.23. The highest BCUT2D eigenvalue weighted by atomic mass is 13.8. The Balaban J connectivity index is 3.63. The third-order valence-electron chi connectivity index (χ3n) is 1.65. The van der Waals surface area contributed by atoms with Crippen molar-refractivity contribution in [2.45, 2.75) is 40.0 Å². The van der Waals surface area contributed by atoms with Crippen molar-refractivity contribution < 1.29 is 0 Å². The van der Waals surface area contributed by atoms with Crippen LogP contribution in [0.1, 0.15) is 40.0 Å². The number of allylic oxidation sites excluding steroid dienone is 6. The predicted octanol–water partition coefficient (Wildman–Crippen LogP) is 4.26. The molecule has 0 bridgehead atoms. The summed E-state index contributed by atoms with van der Waals surface area (Å²) in [5.74, 6) is 0. The number of hydrogen-bond acceptors (Lipinski definition) is 0. The third-order valence-corrected chi connectivity index (χ3v) is 1.65. The first-order chi connectivity index (χ1) is 5.81. The van der Waals surface area contributed by atoms with Gasteiger partial charge in [0.1, 0.15) is 0 Å². The van der Waals surface area contributed by atoms with Crippen LogP contribution in [0.15, 0.2) is 36.0 Å². The van der Waals surface area contributed by atoms with Gasteiger partial charge in [-0.2, -0.15) is 0 Å². The van der Waals surface area contributed by atoms with E-state index >= 15 is 0 Å². The van der Waals surface area contributed by atoms with Crippen molar-refractivity contribution >= 4 is 0 Å². The van der Waals surface area contributed by atoms with Crippen LogP contribution in [-0.2, 0) is 0 Å². The zero-order chi connectivity index (χ0) is 9.23. The first kappa shape index (κ1) is 11.2. The molecule has 0 heteroatoms. The van der Waals surface area contributed by atoms with Crippen LogP contribution in [0.3, 0.4) is 0 Å². The summed E-state index contributed by atoms with van der Waals surface area (Å²) in [4.78, 5) is 0. The molecule has 0 aromatic heterocycles. The predicted molar refractivity (Wildman–Crippen MR) is 57.2 cm³/mol. The fraction of sp³-hybridized carbons (Fsp3) is 0.500. The molecule has 0 heterocycles. The lowest BCUT2D eigenvalue weighted by atomic mass is 10.2. The van der Waals surface area contributed by atoms with Crippen LogP contribution in [0.2, 0.25) is 0 Å². The lowest BCUT2D eigenvalue weighted by molar-refractivity contribution is 0.815. The van der Waals surface area contributed by atoms with Crippen LogP contribution in [0.25, 0.3) is 0 Å². The fourth-order valence-electron chi connectivity index (χ4n) is 0.956. The molecule has 0 saturated carbocycles. The van der Waals surface area contributed by atoms with Crippen molar-refractivity contribution in [3.63, 3.8) is 0 Å². The van der Waals surface area contributed by atoms with E-state index in [4.69, 9.17) is 0 Å². The number of rotatable bonds is 5. The lowest BCUT2D eigenvalue weighted by Crippen LogP contribution is -1.67. The molecule has 0 radical (unpaired) electrons. The van der Waals surface area contributed by atoms with Gasteiger partial charge in [-0.05, 0) is 20.3 Å². The van der Waals surface area contributed by atoms with Gasteiger partial charge in [-0.15, -0.1) is 0 Å². The van der Waals surface area contributed by atoms with Crippen molar-refractivity contribution in [1.82, 2.24) is 0 Å². The highest BCUT2D eigenvalue weighted by molar-refractivity contribution is 5.20. The van der Waals surface area contributed by atoms with Gasteiger partial charge in [-0.3, -0.25) is 0 Å². The Hall–Kier alpha value is -0.780. The van der Waals surface area contributed by atoms with Crippen LogP contribution in [0.5, 0.6) is 0 Å². The molecule has 0 aliphatic carbocycles. The molecule has 0 unspecified atom stereocenters. The smallest absolute Gasteiger partial charge is 0.0348 e. The van der Waals surface area contributed by atoms with Gasteiger partial charge in [0.2, 0.25) is 0 Å². The van der Waals surface area contributed by atoms with Gasteiger partial charge in [-0.25, -0.2) is 0 Å². The molecule has 0 amide bonds. The maximum Gasteiger partial charge on any atom is -0.0348 e. The van der Waals surface area contributed by atoms with Crippen LogP contribution in [0, 0.1) is 0 Å². The molecule has 0 saturated heterocycles. The molecule has 0 fully saturated rings. The summed E-state index contributed by atoms with van der Waals surface area (Å²) in [7, 11) is 0. The van der Waals surface area contributed by atoms with E-state index in [0.717, 1.165) is 0 Å². The van der Waals surface area contributed by atoms with Crippen LogP contribution >= 0.6 is 0 Å². The van der Waals surface area contributed by atoms with Crippen molar-refractivity contribution in [3.05, 3.63) is 36.0 Å². The van der Waals surface area contributed by atoms with Crippen molar-refractivity contribution in [3.8, 4) is 0 Å². The number of unbranched alkanes of at least 4 members (excludes halogenated alkanes) is 2. The maximum absolute atomic E-state index is 2.23. The molecule has 0 rings (SSSR count). The molecule has 0 nitrogen and oxygen atoms in total. The highest BCUT2D eigenvalue weighted by Crippen LogP contribution is 1.98. The van der Waals surface area contributed by atoms with Crippen LogP contribution in [0.4, 0.5) is 0 Å². The van der Waals surface area contributed by atoms with Gasteiger partial charge < -0.3 is 0 Å². The van der Waals surface area contributed by atoms with Crippen molar-refractivity contribution in [1.29, 1.82) is 0 Å². The van der Waals surface area contributed by atoms with Gasteiger partial charge in [0, 0.05) is 0 Å². The summed E-state index contributed by atoms with van der Waals surface area (Å²) in [5, 5.41) is 0. The quantitative estimate of drug-likeness (QED) is 0.421. The van der Waals surface area contributed by atoms with Gasteiger partial charge in [0.05, 0.1) is 0 Å². The monoisotopic (exact) mass is 164 g/mol. The molecule has 0 aromatic carbocycles. The Morgan fingerprint density at radius 1 is 1.33 bits per heavy atom. The summed E-state index contributed by atoms with van der Waals surface area (Å²) < 4.78 is 0. The highest BCUT2D eigenvalue weighted by Gasteiger charge is 1.77. The van der Waals surface area contributed by atoms with E-state index in [1.165, 1.54) is 24.8 Å². The second-order valence-corrected chi connectivity index (χ2v) is 2.98. The summed E-state index contributed by atoms with van der Waals surface area (Å²) >= 11 is 0. The zero-order valence-electron chi connectivity index (χ0n) is 8.51. The van der Waals surface area contributed by atoms with Gasteiger partial charge in [-0.1, -0.05) is 55.7 Å². The van der Waals surface area contributed by atoms with Gasteiger partial charge >= 0.3 is 0 Å². The second-order valence-electron chi connectivity index (χ2n) is 2.98. The molecular weight excluding hydrogens is 144 g/mol. The average molecular weight is 164 g/mol. The molecular formula is C12H20. The first-order valence-corrected chi connectivity index (χ1v) is 4.77. The van der Waals surface area contributed by atoms with E-state index in [9.17, 15) is 0 Å². The van der Waals surface area contributed by atoms with Crippen molar-refractivity contribution in [2.75, 3.05) is 0 Å².